The predicted octanol–water partition coefficient (Wildman–Crippen LogP) is 4.52. The molecule has 0 aromatic rings. The second-order valence-electron chi connectivity index (χ2n) is 9.07. The highest BCUT2D eigenvalue weighted by molar-refractivity contribution is 5.91. The van der Waals surface area contributed by atoms with Crippen LogP contribution in [0.25, 0.3) is 0 Å². The molecule has 0 aliphatic heterocycles. The first-order valence-electron chi connectivity index (χ1n) is 9.96. The number of aliphatic hydroxyl groups excluding tert-OH is 1. The van der Waals surface area contributed by atoms with Crippen molar-refractivity contribution in [3.05, 3.63) is 11.6 Å². The molecule has 2 heteroatoms. The summed E-state index contributed by atoms with van der Waals surface area (Å²) in [6.07, 6.45) is 12.2. The summed E-state index contributed by atoms with van der Waals surface area (Å²) in [5.41, 5.74) is 1.65. The highest BCUT2D eigenvalue weighted by Crippen LogP contribution is 2.63. The third-order valence-electron chi connectivity index (χ3n) is 8.08. The smallest absolute Gasteiger partial charge is 0.155 e. The first kappa shape index (κ1) is 15.9. The van der Waals surface area contributed by atoms with Gasteiger partial charge >= 0.3 is 0 Å². The first-order valence-corrected chi connectivity index (χ1v) is 9.96. The van der Waals surface area contributed by atoms with Crippen molar-refractivity contribution in [3.63, 3.8) is 0 Å². The van der Waals surface area contributed by atoms with Crippen LogP contribution in [0.15, 0.2) is 11.6 Å². The van der Waals surface area contributed by atoms with Gasteiger partial charge in [0.15, 0.2) is 5.78 Å². The van der Waals surface area contributed by atoms with E-state index < -0.39 is 0 Å². The minimum atomic E-state index is -0.0828. The fourth-order valence-corrected chi connectivity index (χ4v) is 7.02. The van der Waals surface area contributed by atoms with E-state index >= 15 is 0 Å². The van der Waals surface area contributed by atoms with Crippen molar-refractivity contribution in [2.75, 3.05) is 0 Å². The predicted molar refractivity (Wildman–Crippen MR) is 91.9 cm³/mol. The third-order valence-corrected chi connectivity index (χ3v) is 8.08. The van der Waals surface area contributed by atoms with Crippen LogP contribution in [0.2, 0.25) is 0 Å². The molecule has 0 saturated heterocycles. The van der Waals surface area contributed by atoms with Crippen LogP contribution in [0, 0.1) is 35.0 Å². The number of allylic oxidation sites excluding steroid dienone is 1. The monoisotopic (exact) mass is 316 g/mol. The van der Waals surface area contributed by atoms with Gasteiger partial charge in [0.05, 0.1) is 6.10 Å². The molecule has 0 unspecified atom stereocenters. The van der Waals surface area contributed by atoms with Crippen LogP contribution in [-0.2, 0) is 4.79 Å². The molecule has 1 N–H and O–H groups in total. The fraction of sp³-hybridized carbons (Fsp3) is 0.857. The highest BCUT2D eigenvalue weighted by Gasteiger charge is 2.58. The lowest BCUT2D eigenvalue weighted by Crippen LogP contribution is -2.50. The summed E-state index contributed by atoms with van der Waals surface area (Å²) in [5.74, 6) is 4.07. The van der Waals surface area contributed by atoms with E-state index in [9.17, 15) is 9.90 Å². The Hall–Kier alpha value is -0.630. The molecule has 128 valence electrons. The molecule has 2 nitrogen and oxygen atoms in total. The van der Waals surface area contributed by atoms with E-state index in [1.807, 2.05) is 6.08 Å². The van der Waals surface area contributed by atoms with Crippen LogP contribution in [0.1, 0.15) is 71.6 Å². The van der Waals surface area contributed by atoms with Gasteiger partial charge in [-0.1, -0.05) is 32.3 Å². The SMILES string of the molecule is CCC[C@@H]1CC2=CC(=O)CC[C@@H]2[C@H]2CC[C@]3(C)[C@@H](O)CC[C@H]3[C@H]12. The van der Waals surface area contributed by atoms with Crippen molar-refractivity contribution in [1.29, 1.82) is 0 Å². The van der Waals surface area contributed by atoms with Crippen LogP contribution in [-0.4, -0.2) is 17.0 Å². The molecule has 3 saturated carbocycles. The lowest BCUT2D eigenvalue weighted by Gasteiger charge is -2.56. The van der Waals surface area contributed by atoms with Crippen LogP contribution in [0.3, 0.4) is 0 Å². The largest absolute Gasteiger partial charge is 0.393 e. The minimum Gasteiger partial charge on any atom is -0.393 e. The zero-order valence-corrected chi connectivity index (χ0v) is 14.8. The van der Waals surface area contributed by atoms with Crippen LogP contribution < -0.4 is 0 Å². The Morgan fingerprint density at radius 1 is 1.26 bits per heavy atom. The Morgan fingerprint density at radius 3 is 2.87 bits per heavy atom. The van der Waals surface area contributed by atoms with Gasteiger partial charge in [-0.2, -0.15) is 0 Å². The van der Waals surface area contributed by atoms with Gasteiger partial charge in [0.1, 0.15) is 0 Å². The van der Waals surface area contributed by atoms with E-state index in [-0.39, 0.29) is 11.5 Å². The Kier molecular flexibility index (Phi) is 3.95. The van der Waals surface area contributed by atoms with Gasteiger partial charge in [-0.15, -0.1) is 0 Å². The van der Waals surface area contributed by atoms with Gasteiger partial charge in [-0.3, -0.25) is 4.79 Å². The lowest BCUT2D eigenvalue weighted by molar-refractivity contribution is -0.116. The van der Waals surface area contributed by atoms with Crippen molar-refractivity contribution in [3.8, 4) is 0 Å². The molecule has 0 radical (unpaired) electrons. The van der Waals surface area contributed by atoms with Crippen LogP contribution >= 0.6 is 0 Å². The lowest BCUT2D eigenvalue weighted by atomic mass is 9.49. The molecule has 0 heterocycles. The molecule has 0 aromatic heterocycles. The maximum absolute atomic E-state index is 11.9. The second-order valence-corrected chi connectivity index (χ2v) is 9.07. The van der Waals surface area contributed by atoms with Gasteiger partial charge in [-0.25, -0.2) is 0 Å². The van der Waals surface area contributed by atoms with Gasteiger partial charge in [0.25, 0.3) is 0 Å². The van der Waals surface area contributed by atoms with Gasteiger partial charge in [-0.05, 0) is 79.6 Å². The first-order chi connectivity index (χ1) is 11.0. The van der Waals surface area contributed by atoms with E-state index in [0.29, 0.717) is 17.6 Å². The molecular weight excluding hydrogens is 284 g/mol. The van der Waals surface area contributed by atoms with Gasteiger partial charge in [0, 0.05) is 6.42 Å². The average molecular weight is 316 g/mol. The molecule has 3 fully saturated rings. The quantitative estimate of drug-likeness (QED) is 0.813. The number of rotatable bonds is 2. The topological polar surface area (TPSA) is 37.3 Å². The number of hydrogen-bond donors (Lipinski definition) is 1. The summed E-state index contributed by atoms with van der Waals surface area (Å²) in [6.45, 7) is 4.66. The Bertz CT molecular complexity index is 522. The zero-order chi connectivity index (χ0) is 16.2. The van der Waals surface area contributed by atoms with Gasteiger partial charge in [0.2, 0.25) is 0 Å². The van der Waals surface area contributed by atoms with Crippen molar-refractivity contribution < 1.29 is 9.90 Å². The van der Waals surface area contributed by atoms with Crippen LogP contribution in [0.4, 0.5) is 0 Å². The van der Waals surface area contributed by atoms with Crippen molar-refractivity contribution in [2.24, 2.45) is 35.0 Å². The maximum atomic E-state index is 11.9. The second kappa shape index (κ2) is 5.72. The van der Waals surface area contributed by atoms with Crippen molar-refractivity contribution in [1.82, 2.24) is 0 Å². The number of hydrogen-bond acceptors (Lipinski definition) is 2. The Labute approximate surface area is 140 Å². The van der Waals surface area contributed by atoms with E-state index in [4.69, 9.17) is 0 Å². The van der Waals surface area contributed by atoms with Gasteiger partial charge < -0.3 is 5.11 Å². The standard InChI is InChI=1S/C21H32O2/c1-3-4-13-11-14-12-15(22)5-6-16(14)17-9-10-21(2)18(20(13)17)7-8-19(21)23/h12-13,16-20,23H,3-11H2,1-2H3/t13-,16+,17-,18+,19+,20-,21+/m1/s1. The molecule has 23 heavy (non-hydrogen) atoms. The number of carbonyl (C=O) groups is 1. The van der Waals surface area contributed by atoms with Crippen LogP contribution in [0.5, 0.6) is 0 Å². The van der Waals surface area contributed by atoms with E-state index in [0.717, 1.165) is 43.4 Å². The summed E-state index contributed by atoms with van der Waals surface area (Å²) < 4.78 is 0. The van der Waals surface area contributed by atoms with Crippen molar-refractivity contribution in [2.45, 2.75) is 77.7 Å². The van der Waals surface area contributed by atoms with E-state index in [1.54, 1.807) is 0 Å². The summed E-state index contributed by atoms with van der Waals surface area (Å²) >= 11 is 0. The molecule has 0 aromatic carbocycles. The van der Waals surface area contributed by atoms with E-state index in [2.05, 4.69) is 13.8 Å². The molecule has 4 rings (SSSR count). The fourth-order valence-electron chi connectivity index (χ4n) is 7.02. The summed E-state index contributed by atoms with van der Waals surface area (Å²) in [5, 5.41) is 10.6. The molecule has 0 amide bonds. The van der Waals surface area contributed by atoms with E-state index in [1.165, 1.54) is 37.7 Å². The molecule has 7 atom stereocenters. The summed E-state index contributed by atoms with van der Waals surface area (Å²) in [4.78, 5) is 11.9. The van der Waals surface area contributed by atoms with Crippen molar-refractivity contribution >= 4 is 5.78 Å². The number of aliphatic hydroxyl groups is 1. The Balaban J connectivity index is 1.69. The number of fused-ring (bicyclic) bond motifs is 5. The zero-order valence-electron chi connectivity index (χ0n) is 14.8. The molecule has 0 bridgehead atoms. The summed E-state index contributed by atoms with van der Waals surface area (Å²) in [6, 6.07) is 0. The molecule has 0 spiro atoms. The highest BCUT2D eigenvalue weighted by atomic mass is 16.3. The molecule has 4 aliphatic carbocycles. The molecular formula is C21H32O2. The Morgan fingerprint density at radius 2 is 2.09 bits per heavy atom. The normalized spacial score (nSPS) is 49.2. The molecule has 4 aliphatic rings. The minimum absolute atomic E-state index is 0.0828. The summed E-state index contributed by atoms with van der Waals surface area (Å²) in [7, 11) is 0. The number of ketones is 1. The number of carbonyl (C=O) groups excluding carboxylic acids is 1. The third kappa shape index (κ3) is 2.35. The maximum Gasteiger partial charge on any atom is 0.155 e. The average Bonchev–Trinajstić information content (AvgIpc) is 2.83.